The van der Waals surface area contributed by atoms with E-state index in [0.29, 0.717) is 6.04 Å². The van der Waals surface area contributed by atoms with Gasteiger partial charge < -0.3 is 20.9 Å². The van der Waals surface area contributed by atoms with E-state index < -0.39 is 0 Å². The molecule has 27 heavy (non-hydrogen) atoms. The lowest BCUT2D eigenvalue weighted by atomic mass is 10.1. The van der Waals surface area contributed by atoms with Gasteiger partial charge in [-0.2, -0.15) is 0 Å². The summed E-state index contributed by atoms with van der Waals surface area (Å²) in [5.41, 5.74) is 3.17. The molecular formula is C20H36N6O. The fourth-order valence-electron chi connectivity index (χ4n) is 3.20. The number of hydrogen-bond acceptors (Lipinski definition) is 5. The van der Waals surface area contributed by atoms with Crippen molar-refractivity contribution in [3.8, 4) is 0 Å². The summed E-state index contributed by atoms with van der Waals surface area (Å²) in [7, 11) is 4.20. The number of urea groups is 1. The van der Waals surface area contributed by atoms with E-state index in [1.807, 2.05) is 25.1 Å². The maximum absolute atomic E-state index is 12.3. The van der Waals surface area contributed by atoms with Crippen molar-refractivity contribution in [2.24, 2.45) is 0 Å². The summed E-state index contributed by atoms with van der Waals surface area (Å²) in [6.45, 7) is 8.32. The number of nitrogens with zero attached hydrogens (tertiary/aromatic N) is 1. The van der Waals surface area contributed by atoms with Crippen LogP contribution in [-0.2, 0) is 0 Å². The van der Waals surface area contributed by atoms with Crippen molar-refractivity contribution in [3.05, 3.63) is 29.3 Å². The number of aryl methyl sites for hydroxylation is 2. The number of carbonyl (C=O) groups excluding carboxylic acids is 1. The van der Waals surface area contributed by atoms with E-state index >= 15 is 0 Å². The first-order valence-electron chi connectivity index (χ1n) is 9.88. The Morgan fingerprint density at radius 2 is 1.96 bits per heavy atom. The molecule has 0 radical (unpaired) electrons. The number of carbonyl (C=O) groups is 1. The van der Waals surface area contributed by atoms with Gasteiger partial charge in [0.25, 0.3) is 0 Å². The Labute approximate surface area is 163 Å². The Bertz CT molecular complexity index is 606. The molecule has 1 aromatic rings. The molecule has 3 atom stereocenters. The van der Waals surface area contributed by atoms with Gasteiger partial charge in [0.2, 0.25) is 0 Å². The van der Waals surface area contributed by atoms with Crippen molar-refractivity contribution in [2.45, 2.75) is 58.5 Å². The molecule has 0 bridgehead atoms. The summed E-state index contributed by atoms with van der Waals surface area (Å²) in [6.07, 6.45) is 3.22. The SMILES string of the molecule is Cc1ccc(NC(=O)NC2NC(C)CC(NCCCCN(C)C)N2)cc1C. The van der Waals surface area contributed by atoms with Gasteiger partial charge in [0.15, 0.2) is 0 Å². The molecule has 0 aliphatic carbocycles. The summed E-state index contributed by atoms with van der Waals surface area (Å²) in [5, 5.41) is 16.2. The first kappa shape index (κ1) is 21.6. The molecule has 1 heterocycles. The Balaban J connectivity index is 1.75. The van der Waals surface area contributed by atoms with E-state index in [2.05, 4.69) is 59.4 Å². The van der Waals surface area contributed by atoms with Gasteiger partial charge in [-0.25, -0.2) is 4.79 Å². The van der Waals surface area contributed by atoms with Gasteiger partial charge >= 0.3 is 6.03 Å². The highest BCUT2D eigenvalue weighted by Gasteiger charge is 2.25. The molecule has 5 N–H and O–H groups in total. The summed E-state index contributed by atoms with van der Waals surface area (Å²) >= 11 is 0. The number of unbranched alkanes of at least 4 members (excludes halogenated alkanes) is 1. The minimum absolute atomic E-state index is 0.188. The molecule has 1 aliphatic rings. The molecule has 152 valence electrons. The van der Waals surface area contributed by atoms with E-state index in [1.165, 1.54) is 12.0 Å². The van der Waals surface area contributed by atoms with Gasteiger partial charge in [-0.05, 0) is 90.5 Å². The number of benzene rings is 1. The molecule has 1 aromatic carbocycles. The molecule has 2 amide bonds. The molecule has 2 rings (SSSR count). The van der Waals surface area contributed by atoms with Gasteiger partial charge in [-0.1, -0.05) is 6.07 Å². The van der Waals surface area contributed by atoms with Crippen LogP contribution in [-0.4, -0.2) is 56.6 Å². The second kappa shape index (κ2) is 10.6. The Morgan fingerprint density at radius 1 is 1.19 bits per heavy atom. The van der Waals surface area contributed by atoms with Gasteiger partial charge in [0.1, 0.15) is 6.29 Å². The second-order valence-corrected chi connectivity index (χ2v) is 7.82. The highest BCUT2D eigenvalue weighted by atomic mass is 16.2. The van der Waals surface area contributed by atoms with Crippen molar-refractivity contribution in [1.82, 2.24) is 26.2 Å². The largest absolute Gasteiger partial charge is 0.321 e. The lowest BCUT2D eigenvalue weighted by Crippen LogP contribution is -2.67. The van der Waals surface area contributed by atoms with Crippen LogP contribution in [0.5, 0.6) is 0 Å². The van der Waals surface area contributed by atoms with Crippen LogP contribution in [0.2, 0.25) is 0 Å². The Kier molecular flexibility index (Phi) is 8.50. The molecule has 0 aromatic heterocycles. The molecule has 0 spiro atoms. The van der Waals surface area contributed by atoms with Crippen LogP contribution in [0.25, 0.3) is 0 Å². The number of rotatable bonds is 8. The number of hydrogen-bond donors (Lipinski definition) is 5. The van der Waals surface area contributed by atoms with Crippen molar-refractivity contribution in [3.63, 3.8) is 0 Å². The molecule has 1 fully saturated rings. The standard InChI is InChI=1S/C20H36N6O/c1-14-8-9-17(12-15(14)2)23-20(27)25-19-22-16(3)13-18(24-19)21-10-6-7-11-26(4)5/h8-9,12,16,18-19,21-22,24H,6-7,10-11,13H2,1-5H3,(H2,23,25,27). The first-order chi connectivity index (χ1) is 12.8. The average Bonchev–Trinajstić information content (AvgIpc) is 2.57. The molecule has 1 aliphatic heterocycles. The minimum Gasteiger partial charge on any atom is -0.310 e. The normalized spacial score (nSPS) is 22.7. The maximum atomic E-state index is 12.3. The molecule has 3 unspecified atom stereocenters. The zero-order valence-electron chi connectivity index (χ0n) is 17.4. The van der Waals surface area contributed by atoms with Crippen molar-refractivity contribution in [1.29, 1.82) is 0 Å². The molecule has 1 saturated heterocycles. The van der Waals surface area contributed by atoms with Crippen molar-refractivity contribution >= 4 is 11.7 Å². The van der Waals surface area contributed by atoms with Gasteiger partial charge in [0.05, 0.1) is 6.17 Å². The molecule has 7 nitrogen and oxygen atoms in total. The van der Waals surface area contributed by atoms with Crippen LogP contribution in [0.3, 0.4) is 0 Å². The van der Waals surface area contributed by atoms with Gasteiger partial charge in [-0.15, -0.1) is 0 Å². The molecule has 0 saturated carbocycles. The van der Waals surface area contributed by atoms with E-state index in [9.17, 15) is 4.79 Å². The smallest absolute Gasteiger partial charge is 0.310 e. The van der Waals surface area contributed by atoms with Crippen LogP contribution >= 0.6 is 0 Å². The third kappa shape index (κ3) is 7.84. The van der Waals surface area contributed by atoms with Gasteiger partial charge in [-0.3, -0.25) is 10.6 Å². The first-order valence-corrected chi connectivity index (χ1v) is 9.88. The lowest BCUT2D eigenvalue weighted by molar-refractivity contribution is 0.193. The van der Waals surface area contributed by atoms with Crippen LogP contribution in [0.1, 0.15) is 37.3 Å². The van der Waals surface area contributed by atoms with Crippen molar-refractivity contribution < 1.29 is 4.79 Å². The Morgan fingerprint density at radius 3 is 2.67 bits per heavy atom. The zero-order chi connectivity index (χ0) is 19.8. The highest BCUT2D eigenvalue weighted by molar-refractivity contribution is 5.89. The predicted molar refractivity (Wildman–Crippen MR) is 112 cm³/mol. The summed E-state index contributed by atoms with van der Waals surface area (Å²) in [4.78, 5) is 14.5. The number of amides is 2. The molecule has 7 heteroatoms. The lowest BCUT2D eigenvalue weighted by Gasteiger charge is -2.37. The van der Waals surface area contributed by atoms with Crippen molar-refractivity contribution in [2.75, 3.05) is 32.5 Å². The topological polar surface area (TPSA) is 80.5 Å². The van der Waals surface area contributed by atoms with Crippen LogP contribution in [0.15, 0.2) is 18.2 Å². The fourth-order valence-corrected chi connectivity index (χ4v) is 3.20. The fraction of sp³-hybridized carbons (Fsp3) is 0.650. The monoisotopic (exact) mass is 376 g/mol. The van der Waals surface area contributed by atoms with E-state index in [4.69, 9.17) is 0 Å². The highest BCUT2D eigenvalue weighted by Crippen LogP contribution is 2.14. The Hall–Kier alpha value is -1.67. The van der Waals surface area contributed by atoms with Crippen LogP contribution < -0.4 is 26.6 Å². The number of anilines is 1. The maximum Gasteiger partial charge on any atom is 0.321 e. The van der Waals surface area contributed by atoms with E-state index in [0.717, 1.165) is 37.2 Å². The summed E-state index contributed by atoms with van der Waals surface area (Å²) in [6, 6.07) is 6.02. The van der Waals surface area contributed by atoms with Crippen LogP contribution in [0, 0.1) is 13.8 Å². The third-order valence-electron chi connectivity index (χ3n) is 4.87. The van der Waals surface area contributed by atoms with Gasteiger partial charge in [0, 0.05) is 11.7 Å². The third-order valence-corrected chi connectivity index (χ3v) is 4.87. The average molecular weight is 377 g/mol. The summed E-state index contributed by atoms with van der Waals surface area (Å²) in [5.74, 6) is 0. The van der Waals surface area contributed by atoms with E-state index in [1.54, 1.807) is 0 Å². The van der Waals surface area contributed by atoms with Crippen LogP contribution in [0.4, 0.5) is 10.5 Å². The van der Waals surface area contributed by atoms with E-state index in [-0.39, 0.29) is 18.5 Å². The second-order valence-electron chi connectivity index (χ2n) is 7.82. The molecular weight excluding hydrogens is 340 g/mol. The minimum atomic E-state index is -0.264. The quantitative estimate of drug-likeness (QED) is 0.448. The predicted octanol–water partition coefficient (Wildman–Crippen LogP) is 1.94. The number of nitrogens with one attached hydrogen (secondary N) is 5. The zero-order valence-corrected chi connectivity index (χ0v) is 17.4. The summed E-state index contributed by atoms with van der Waals surface area (Å²) < 4.78 is 0.